The average molecular weight is 320 g/mol. The van der Waals surface area contributed by atoms with Crippen molar-refractivity contribution in [1.29, 1.82) is 0 Å². The summed E-state index contributed by atoms with van der Waals surface area (Å²) in [5, 5.41) is 19.7. The van der Waals surface area contributed by atoms with Gasteiger partial charge in [0.25, 0.3) is 5.91 Å². The van der Waals surface area contributed by atoms with Crippen molar-refractivity contribution in [1.82, 2.24) is 15.3 Å². The quantitative estimate of drug-likeness (QED) is 0.511. The van der Waals surface area contributed by atoms with Gasteiger partial charge in [-0.15, -0.1) is 0 Å². The Bertz CT molecular complexity index is 554. The fourth-order valence-electron chi connectivity index (χ4n) is 1.21. The number of nitrogens with one attached hydrogen (secondary N) is 1. The second-order valence-corrected chi connectivity index (χ2v) is 4.70. The van der Waals surface area contributed by atoms with E-state index >= 15 is 0 Å². The molecule has 0 saturated carbocycles. The van der Waals surface area contributed by atoms with Crippen LogP contribution in [-0.2, 0) is 9.59 Å². The summed E-state index contributed by atoms with van der Waals surface area (Å²) in [6.07, 6.45) is 2.15. The number of hydrogen-bond donors (Lipinski definition) is 3. The number of halogens is 1. The first-order valence-electron chi connectivity index (χ1n) is 5.17. The van der Waals surface area contributed by atoms with Gasteiger partial charge in [0.15, 0.2) is 10.9 Å². The fraction of sp³-hybridized carbons (Fsp3) is 0.300. The zero-order chi connectivity index (χ0) is 15.3. The normalized spacial score (nSPS) is 11.7. The molecule has 1 heterocycles. The Labute approximate surface area is 122 Å². The number of amides is 1. The summed E-state index contributed by atoms with van der Waals surface area (Å²) in [4.78, 5) is 41.0. The summed E-state index contributed by atoms with van der Waals surface area (Å²) < 4.78 is 0. The van der Waals surface area contributed by atoms with Crippen LogP contribution in [0.5, 0.6) is 0 Å². The summed E-state index contributed by atoms with van der Waals surface area (Å²) in [5.41, 5.74) is -0.206. The van der Waals surface area contributed by atoms with Crippen molar-refractivity contribution < 1.29 is 24.6 Å². The number of nitrogens with zero attached hydrogens (tertiary/aromatic N) is 2. The van der Waals surface area contributed by atoms with Gasteiger partial charge in [0, 0.05) is 0 Å². The molecule has 0 aromatic carbocycles. The van der Waals surface area contributed by atoms with Gasteiger partial charge in [-0.2, -0.15) is 0 Å². The molecule has 0 saturated heterocycles. The van der Waals surface area contributed by atoms with E-state index in [1.807, 2.05) is 0 Å². The van der Waals surface area contributed by atoms with Crippen molar-refractivity contribution >= 4 is 41.2 Å². The van der Waals surface area contributed by atoms with Crippen molar-refractivity contribution in [3.05, 3.63) is 16.9 Å². The highest BCUT2D eigenvalue weighted by molar-refractivity contribution is 7.98. The maximum atomic E-state index is 11.9. The van der Waals surface area contributed by atoms with Crippen LogP contribution >= 0.6 is 23.4 Å². The zero-order valence-corrected chi connectivity index (χ0v) is 11.7. The number of carboxylic acid groups (broad SMARTS) is 2. The van der Waals surface area contributed by atoms with Gasteiger partial charge in [0.2, 0.25) is 0 Å². The zero-order valence-electron chi connectivity index (χ0n) is 10.2. The van der Waals surface area contributed by atoms with Gasteiger partial charge in [-0.3, -0.25) is 9.59 Å². The third-order valence-corrected chi connectivity index (χ3v) is 2.94. The van der Waals surface area contributed by atoms with E-state index in [2.05, 4.69) is 15.3 Å². The van der Waals surface area contributed by atoms with E-state index in [9.17, 15) is 14.4 Å². The van der Waals surface area contributed by atoms with E-state index in [4.69, 9.17) is 21.8 Å². The summed E-state index contributed by atoms with van der Waals surface area (Å²) in [6, 6.07) is -1.57. The van der Waals surface area contributed by atoms with E-state index in [1.165, 1.54) is 18.0 Å². The van der Waals surface area contributed by atoms with E-state index in [0.29, 0.717) is 0 Å². The minimum absolute atomic E-state index is 0.0558. The molecule has 3 N–H and O–H groups in total. The molecule has 20 heavy (non-hydrogen) atoms. The van der Waals surface area contributed by atoms with Crippen molar-refractivity contribution in [2.75, 3.05) is 6.26 Å². The van der Waals surface area contributed by atoms with Crippen LogP contribution in [0.3, 0.4) is 0 Å². The topological polar surface area (TPSA) is 129 Å². The summed E-state index contributed by atoms with van der Waals surface area (Å²) in [6.45, 7) is 0. The number of carbonyl (C=O) groups is 3. The van der Waals surface area contributed by atoms with Crippen LogP contribution in [0, 0.1) is 0 Å². The highest BCUT2D eigenvalue weighted by atomic mass is 35.5. The molecule has 8 nitrogen and oxygen atoms in total. The SMILES string of the molecule is CSc1ncc(Cl)c(C(=O)NC(CC(=O)O)C(=O)O)n1. The second-order valence-electron chi connectivity index (χ2n) is 3.52. The van der Waals surface area contributed by atoms with Gasteiger partial charge in [-0.1, -0.05) is 23.4 Å². The highest BCUT2D eigenvalue weighted by Gasteiger charge is 2.25. The molecule has 1 aromatic rings. The average Bonchev–Trinajstić information content (AvgIpc) is 2.37. The summed E-state index contributed by atoms with van der Waals surface area (Å²) in [7, 11) is 0. The predicted molar refractivity (Wildman–Crippen MR) is 70.0 cm³/mol. The molecule has 1 unspecified atom stereocenters. The first kappa shape index (κ1) is 16.2. The smallest absolute Gasteiger partial charge is 0.326 e. The number of rotatable bonds is 6. The lowest BCUT2D eigenvalue weighted by Gasteiger charge is -2.12. The molecule has 1 atom stereocenters. The van der Waals surface area contributed by atoms with Gasteiger partial charge >= 0.3 is 11.9 Å². The lowest BCUT2D eigenvalue weighted by Crippen LogP contribution is -2.42. The molecule has 0 radical (unpaired) electrons. The van der Waals surface area contributed by atoms with Crippen LogP contribution in [0.15, 0.2) is 11.4 Å². The minimum atomic E-state index is -1.57. The molecular formula is C10H10ClN3O5S. The van der Waals surface area contributed by atoms with Gasteiger partial charge in [0.05, 0.1) is 17.6 Å². The molecule has 0 fully saturated rings. The number of hydrogen-bond acceptors (Lipinski definition) is 6. The molecule has 0 bridgehead atoms. The molecule has 0 spiro atoms. The van der Waals surface area contributed by atoms with Crippen LogP contribution in [0.1, 0.15) is 16.9 Å². The lowest BCUT2D eigenvalue weighted by atomic mass is 10.2. The maximum absolute atomic E-state index is 11.9. The van der Waals surface area contributed by atoms with E-state index in [0.717, 1.165) is 0 Å². The van der Waals surface area contributed by atoms with Crippen LogP contribution in [0.4, 0.5) is 0 Å². The molecule has 1 rings (SSSR count). The third-order valence-electron chi connectivity index (χ3n) is 2.10. The molecule has 0 aliphatic heterocycles. The van der Waals surface area contributed by atoms with E-state index in [1.54, 1.807) is 6.26 Å². The Morgan fingerprint density at radius 1 is 1.45 bits per heavy atom. The van der Waals surface area contributed by atoms with Crippen molar-refractivity contribution in [2.45, 2.75) is 17.6 Å². The molecular weight excluding hydrogens is 310 g/mol. The molecule has 0 aliphatic carbocycles. The monoisotopic (exact) mass is 319 g/mol. The number of aromatic nitrogens is 2. The van der Waals surface area contributed by atoms with Gasteiger partial charge in [0.1, 0.15) is 6.04 Å². The van der Waals surface area contributed by atoms with Gasteiger partial charge < -0.3 is 15.5 Å². The van der Waals surface area contributed by atoms with Crippen LogP contribution in [0.2, 0.25) is 5.02 Å². The van der Waals surface area contributed by atoms with Crippen molar-refractivity contribution in [2.24, 2.45) is 0 Å². The third kappa shape index (κ3) is 4.35. The number of aliphatic carboxylic acids is 2. The molecule has 1 amide bonds. The summed E-state index contributed by atoms with van der Waals surface area (Å²) in [5.74, 6) is -3.69. The highest BCUT2D eigenvalue weighted by Crippen LogP contribution is 2.16. The Balaban J connectivity index is 2.94. The van der Waals surface area contributed by atoms with E-state index in [-0.39, 0.29) is 15.9 Å². The molecule has 108 valence electrons. The first-order valence-corrected chi connectivity index (χ1v) is 6.77. The summed E-state index contributed by atoms with van der Waals surface area (Å²) >= 11 is 6.93. The molecule has 10 heteroatoms. The Kier molecular flexibility index (Phi) is 5.71. The van der Waals surface area contributed by atoms with Crippen LogP contribution in [-0.4, -0.2) is 50.3 Å². The number of carboxylic acids is 2. The van der Waals surface area contributed by atoms with Gasteiger partial charge in [-0.05, 0) is 6.26 Å². The maximum Gasteiger partial charge on any atom is 0.326 e. The lowest BCUT2D eigenvalue weighted by molar-refractivity contribution is -0.145. The van der Waals surface area contributed by atoms with Crippen LogP contribution < -0.4 is 5.32 Å². The molecule has 1 aromatic heterocycles. The number of carbonyl (C=O) groups excluding carboxylic acids is 1. The van der Waals surface area contributed by atoms with Crippen molar-refractivity contribution in [3.63, 3.8) is 0 Å². The first-order chi connectivity index (χ1) is 9.35. The van der Waals surface area contributed by atoms with Gasteiger partial charge in [-0.25, -0.2) is 14.8 Å². The fourth-order valence-corrected chi connectivity index (χ4v) is 1.73. The predicted octanol–water partition coefficient (Wildman–Crippen LogP) is 0.510. The Hall–Kier alpha value is -1.87. The van der Waals surface area contributed by atoms with E-state index < -0.39 is 30.3 Å². The standard InChI is InChI=1S/C10H10ClN3O5S/c1-20-10-12-3-4(11)7(14-10)8(17)13-5(9(18)19)2-6(15)16/h3,5H,2H2,1H3,(H,13,17)(H,15,16)(H,18,19). The van der Waals surface area contributed by atoms with Crippen LogP contribution in [0.25, 0.3) is 0 Å². The van der Waals surface area contributed by atoms with Crippen molar-refractivity contribution in [3.8, 4) is 0 Å². The second kappa shape index (κ2) is 7.06. The molecule has 0 aliphatic rings. The Morgan fingerprint density at radius 2 is 2.10 bits per heavy atom. The number of thioether (sulfide) groups is 1. The minimum Gasteiger partial charge on any atom is -0.481 e. The largest absolute Gasteiger partial charge is 0.481 e. The Morgan fingerprint density at radius 3 is 2.60 bits per heavy atom.